The topological polar surface area (TPSA) is 61.5 Å². The fourth-order valence-electron chi connectivity index (χ4n) is 1.52. The zero-order valence-corrected chi connectivity index (χ0v) is 10.3. The molecule has 0 fully saturated rings. The third-order valence-corrected chi connectivity index (χ3v) is 2.38. The number of nitrogens with two attached hydrogens (primary N) is 1. The Morgan fingerprint density at radius 2 is 1.88 bits per heavy atom. The van der Waals surface area contributed by atoms with Gasteiger partial charge >= 0.3 is 5.97 Å². The zero-order valence-electron chi connectivity index (χ0n) is 10.3. The quantitative estimate of drug-likeness (QED) is 0.757. The van der Waals surface area contributed by atoms with Gasteiger partial charge in [0, 0.05) is 7.11 Å². The van der Waals surface area contributed by atoms with Crippen LogP contribution in [-0.2, 0) is 27.3 Å². The molecular formula is C13H19NO3. The zero-order chi connectivity index (χ0) is 12.7. The van der Waals surface area contributed by atoms with Crippen molar-refractivity contribution in [2.24, 2.45) is 5.73 Å². The Bertz CT molecular complexity index is 348. The molecule has 2 N–H and O–H groups in total. The highest BCUT2D eigenvalue weighted by Crippen LogP contribution is 2.07. The van der Waals surface area contributed by atoms with Gasteiger partial charge in [-0.1, -0.05) is 24.3 Å². The van der Waals surface area contributed by atoms with Crippen LogP contribution in [0.4, 0.5) is 0 Å². The van der Waals surface area contributed by atoms with E-state index < -0.39 is 6.04 Å². The first-order valence-electron chi connectivity index (χ1n) is 5.66. The third kappa shape index (κ3) is 4.54. The average molecular weight is 237 g/mol. The third-order valence-electron chi connectivity index (χ3n) is 2.38. The summed E-state index contributed by atoms with van der Waals surface area (Å²) in [5, 5.41) is 0. The number of rotatable bonds is 6. The Balaban J connectivity index is 2.53. The molecule has 0 saturated heterocycles. The van der Waals surface area contributed by atoms with Gasteiger partial charge in [0.2, 0.25) is 0 Å². The van der Waals surface area contributed by atoms with Gasteiger partial charge < -0.3 is 15.2 Å². The Kier molecular flexibility index (Phi) is 5.66. The second-order valence-corrected chi connectivity index (χ2v) is 3.81. The van der Waals surface area contributed by atoms with Crippen molar-refractivity contribution in [3.05, 3.63) is 35.4 Å². The van der Waals surface area contributed by atoms with Crippen LogP contribution < -0.4 is 5.73 Å². The van der Waals surface area contributed by atoms with Crippen LogP contribution in [0, 0.1) is 0 Å². The molecule has 4 nitrogen and oxygen atoms in total. The minimum absolute atomic E-state index is 0.353. The lowest BCUT2D eigenvalue weighted by molar-refractivity contribution is -0.144. The summed E-state index contributed by atoms with van der Waals surface area (Å²) < 4.78 is 9.87. The molecule has 0 aromatic heterocycles. The minimum Gasteiger partial charge on any atom is -0.465 e. The van der Waals surface area contributed by atoms with Gasteiger partial charge in [-0.05, 0) is 24.5 Å². The van der Waals surface area contributed by atoms with Crippen molar-refractivity contribution in [1.29, 1.82) is 0 Å². The molecule has 0 bridgehead atoms. The minimum atomic E-state index is -0.594. The van der Waals surface area contributed by atoms with Crippen LogP contribution in [0.15, 0.2) is 24.3 Å². The van der Waals surface area contributed by atoms with Gasteiger partial charge in [0.05, 0.1) is 13.2 Å². The number of carbonyl (C=O) groups excluding carboxylic acids is 1. The van der Waals surface area contributed by atoms with E-state index >= 15 is 0 Å². The normalized spacial score (nSPS) is 12.2. The van der Waals surface area contributed by atoms with Gasteiger partial charge in [-0.25, -0.2) is 0 Å². The summed E-state index contributed by atoms with van der Waals surface area (Å²) in [6, 6.07) is 7.25. The molecule has 94 valence electrons. The van der Waals surface area contributed by atoms with Crippen molar-refractivity contribution in [3.63, 3.8) is 0 Å². The van der Waals surface area contributed by atoms with Crippen LogP contribution in [-0.4, -0.2) is 25.7 Å². The van der Waals surface area contributed by atoms with Gasteiger partial charge in [0.25, 0.3) is 0 Å². The van der Waals surface area contributed by atoms with Gasteiger partial charge in [-0.2, -0.15) is 0 Å². The second-order valence-electron chi connectivity index (χ2n) is 3.81. The molecule has 0 amide bonds. The molecule has 0 radical (unpaired) electrons. The van der Waals surface area contributed by atoms with Crippen molar-refractivity contribution in [2.75, 3.05) is 13.7 Å². The van der Waals surface area contributed by atoms with E-state index in [1.807, 2.05) is 24.3 Å². The summed E-state index contributed by atoms with van der Waals surface area (Å²) in [6.07, 6.45) is 0.492. The maximum Gasteiger partial charge on any atom is 0.323 e. The number of benzene rings is 1. The molecule has 4 heteroatoms. The van der Waals surface area contributed by atoms with E-state index in [9.17, 15) is 4.79 Å². The molecule has 0 heterocycles. The molecule has 0 aliphatic rings. The molecule has 0 saturated carbocycles. The van der Waals surface area contributed by atoms with Crippen molar-refractivity contribution < 1.29 is 14.3 Å². The van der Waals surface area contributed by atoms with Crippen LogP contribution in [0.2, 0.25) is 0 Å². The van der Waals surface area contributed by atoms with Crippen molar-refractivity contribution in [1.82, 2.24) is 0 Å². The summed E-state index contributed by atoms with van der Waals surface area (Å²) in [5.74, 6) is -0.353. The SMILES string of the molecule is CCOC(=O)C(N)Cc1ccc(COC)cc1. The van der Waals surface area contributed by atoms with Crippen molar-refractivity contribution in [3.8, 4) is 0 Å². The number of ether oxygens (including phenoxy) is 2. The number of methoxy groups -OCH3 is 1. The van der Waals surface area contributed by atoms with Crippen LogP contribution in [0.3, 0.4) is 0 Å². The summed E-state index contributed by atoms with van der Waals surface area (Å²) >= 11 is 0. The van der Waals surface area contributed by atoms with Crippen LogP contribution >= 0.6 is 0 Å². The first-order valence-corrected chi connectivity index (χ1v) is 5.66. The fraction of sp³-hybridized carbons (Fsp3) is 0.462. The standard InChI is InChI=1S/C13H19NO3/c1-3-17-13(15)12(14)8-10-4-6-11(7-5-10)9-16-2/h4-7,12H,3,8-9,14H2,1-2H3. The summed E-state index contributed by atoms with van der Waals surface area (Å²) in [5.41, 5.74) is 7.85. The molecule has 0 aliphatic heterocycles. The Hall–Kier alpha value is -1.39. The average Bonchev–Trinajstić information content (AvgIpc) is 2.32. The summed E-state index contributed by atoms with van der Waals surface area (Å²) in [6.45, 7) is 2.72. The predicted octanol–water partition coefficient (Wildman–Crippen LogP) is 1.27. The maximum absolute atomic E-state index is 11.3. The number of esters is 1. The summed E-state index contributed by atoms with van der Waals surface area (Å²) in [4.78, 5) is 11.3. The van der Waals surface area contributed by atoms with E-state index in [1.165, 1.54) is 0 Å². The number of carbonyl (C=O) groups is 1. The fourth-order valence-corrected chi connectivity index (χ4v) is 1.52. The second kappa shape index (κ2) is 7.04. The molecule has 1 rings (SSSR count). The first kappa shape index (κ1) is 13.7. The largest absolute Gasteiger partial charge is 0.465 e. The van der Waals surface area contributed by atoms with Crippen LogP contribution in [0.5, 0.6) is 0 Å². The molecule has 1 aromatic carbocycles. The first-order chi connectivity index (χ1) is 8.17. The molecule has 1 unspecified atom stereocenters. The number of hydrogen-bond donors (Lipinski definition) is 1. The highest BCUT2D eigenvalue weighted by Gasteiger charge is 2.14. The van der Waals surface area contributed by atoms with Gasteiger partial charge in [0.1, 0.15) is 6.04 Å². The Morgan fingerprint density at radius 1 is 1.29 bits per heavy atom. The number of hydrogen-bond acceptors (Lipinski definition) is 4. The van der Waals surface area contributed by atoms with E-state index in [0.29, 0.717) is 19.6 Å². The lowest BCUT2D eigenvalue weighted by Crippen LogP contribution is -2.34. The maximum atomic E-state index is 11.3. The van der Waals surface area contributed by atoms with Crippen molar-refractivity contribution in [2.45, 2.75) is 26.0 Å². The summed E-state index contributed by atoms with van der Waals surface area (Å²) in [7, 11) is 1.66. The molecule has 0 aliphatic carbocycles. The van der Waals surface area contributed by atoms with E-state index in [1.54, 1.807) is 14.0 Å². The van der Waals surface area contributed by atoms with Gasteiger partial charge in [0.15, 0.2) is 0 Å². The molecular weight excluding hydrogens is 218 g/mol. The monoisotopic (exact) mass is 237 g/mol. The van der Waals surface area contributed by atoms with Gasteiger partial charge in [-0.3, -0.25) is 4.79 Å². The smallest absolute Gasteiger partial charge is 0.323 e. The van der Waals surface area contributed by atoms with Gasteiger partial charge in [-0.15, -0.1) is 0 Å². The predicted molar refractivity (Wildman–Crippen MR) is 65.5 cm³/mol. The lowest BCUT2D eigenvalue weighted by atomic mass is 10.1. The molecule has 17 heavy (non-hydrogen) atoms. The Labute approximate surface area is 102 Å². The molecule has 1 aromatic rings. The van der Waals surface area contributed by atoms with E-state index in [2.05, 4.69) is 0 Å². The van der Waals surface area contributed by atoms with E-state index in [0.717, 1.165) is 11.1 Å². The molecule has 0 spiro atoms. The highest BCUT2D eigenvalue weighted by molar-refractivity contribution is 5.75. The van der Waals surface area contributed by atoms with E-state index in [4.69, 9.17) is 15.2 Å². The van der Waals surface area contributed by atoms with Crippen LogP contribution in [0.25, 0.3) is 0 Å². The van der Waals surface area contributed by atoms with Crippen LogP contribution in [0.1, 0.15) is 18.1 Å². The molecule has 1 atom stereocenters. The van der Waals surface area contributed by atoms with E-state index in [-0.39, 0.29) is 5.97 Å². The van der Waals surface area contributed by atoms with Crippen molar-refractivity contribution >= 4 is 5.97 Å². The Morgan fingerprint density at radius 3 is 2.41 bits per heavy atom. The lowest BCUT2D eigenvalue weighted by Gasteiger charge is -2.10. The highest BCUT2D eigenvalue weighted by atomic mass is 16.5.